The zero-order chi connectivity index (χ0) is 29.6. The number of hydrogen-bond acceptors (Lipinski definition) is 4. The molecule has 0 spiro atoms. The molecule has 1 atom stereocenters. The lowest BCUT2D eigenvalue weighted by Crippen LogP contribution is -2.51. The zero-order valence-corrected chi connectivity index (χ0v) is 25.7. The third kappa shape index (κ3) is 7.56. The molecule has 0 aliphatic heterocycles. The largest absolute Gasteiger partial charge is 0.354 e. The monoisotopic (exact) mass is 603 g/mol. The lowest BCUT2D eigenvalue weighted by Gasteiger charge is -2.32. The predicted molar refractivity (Wildman–Crippen MR) is 161 cm³/mol. The normalized spacial score (nSPS) is 12.1. The minimum absolute atomic E-state index is 0.0295. The van der Waals surface area contributed by atoms with E-state index in [1.54, 1.807) is 49.4 Å². The summed E-state index contributed by atoms with van der Waals surface area (Å²) in [6, 6.07) is 15.8. The van der Waals surface area contributed by atoms with Crippen LogP contribution in [0.15, 0.2) is 65.6 Å². The fourth-order valence-corrected chi connectivity index (χ4v) is 5.79. The maximum Gasteiger partial charge on any atom is 0.264 e. The standard InChI is InChI=1S/C30H35Cl2N3O4S/c1-6-15-33-30(37)23(5)34(18-24-10-14-27(31)28(32)17-24)29(36)19-35(25-11-9-21(3)22(4)16-25)40(38,39)26-12-7-20(2)8-13-26/h7-14,16-17,23H,6,15,18-19H2,1-5H3,(H,33,37)/t23-/m1/s1. The number of benzene rings is 3. The second kappa shape index (κ2) is 13.5. The number of sulfonamides is 1. The van der Waals surface area contributed by atoms with Crippen molar-refractivity contribution < 1.29 is 18.0 Å². The van der Waals surface area contributed by atoms with E-state index < -0.39 is 28.5 Å². The first-order valence-electron chi connectivity index (χ1n) is 13.0. The van der Waals surface area contributed by atoms with Gasteiger partial charge in [-0.3, -0.25) is 13.9 Å². The molecule has 0 aromatic heterocycles. The zero-order valence-electron chi connectivity index (χ0n) is 23.4. The van der Waals surface area contributed by atoms with E-state index in [2.05, 4.69) is 5.32 Å². The van der Waals surface area contributed by atoms with Gasteiger partial charge in [0.2, 0.25) is 11.8 Å². The average molecular weight is 605 g/mol. The molecule has 0 saturated carbocycles. The van der Waals surface area contributed by atoms with E-state index in [-0.39, 0.29) is 17.3 Å². The van der Waals surface area contributed by atoms with Gasteiger partial charge in [-0.25, -0.2) is 8.42 Å². The molecule has 40 heavy (non-hydrogen) atoms. The Kier molecular flexibility index (Phi) is 10.6. The fourth-order valence-electron chi connectivity index (χ4n) is 4.06. The highest BCUT2D eigenvalue weighted by Crippen LogP contribution is 2.28. The van der Waals surface area contributed by atoms with Crippen molar-refractivity contribution in [2.45, 2.75) is 58.5 Å². The number of hydrogen-bond donors (Lipinski definition) is 1. The number of nitrogens with one attached hydrogen (secondary N) is 1. The molecule has 1 N–H and O–H groups in total. The first kappa shape index (κ1) is 31.5. The summed E-state index contributed by atoms with van der Waals surface area (Å²) in [5.41, 5.74) is 3.79. The summed E-state index contributed by atoms with van der Waals surface area (Å²) in [4.78, 5) is 28.4. The van der Waals surface area contributed by atoms with Gasteiger partial charge in [0.25, 0.3) is 10.0 Å². The van der Waals surface area contributed by atoms with Gasteiger partial charge in [0.05, 0.1) is 20.6 Å². The second-order valence-electron chi connectivity index (χ2n) is 9.83. The molecule has 2 amide bonds. The van der Waals surface area contributed by atoms with Crippen LogP contribution in [0.3, 0.4) is 0 Å². The van der Waals surface area contributed by atoms with Crippen molar-refractivity contribution in [2.75, 3.05) is 17.4 Å². The van der Waals surface area contributed by atoms with Gasteiger partial charge >= 0.3 is 0 Å². The SMILES string of the molecule is CCCNC(=O)[C@@H](C)N(Cc1ccc(Cl)c(Cl)c1)C(=O)CN(c1ccc(C)c(C)c1)S(=O)(=O)c1ccc(C)cc1. The number of carbonyl (C=O) groups is 2. The predicted octanol–water partition coefficient (Wildman–Crippen LogP) is 6.06. The Morgan fingerprint density at radius 2 is 1.57 bits per heavy atom. The minimum atomic E-state index is -4.13. The van der Waals surface area contributed by atoms with Crippen molar-refractivity contribution in [1.82, 2.24) is 10.2 Å². The fraction of sp³-hybridized carbons (Fsp3) is 0.333. The van der Waals surface area contributed by atoms with Crippen LogP contribution in [0, 0.1) is 20.8 Å². The summed E-state index contributed by atoms with van der Waals surface area (Å²) in [6.45, 7) is 9.21. The van der Waals surface area contributed by atoms with Gasteiger partial charge in [0.15, 0.2) is 0 Å². The summed E-state index contributed by atoms with van der Waals surface area (Å²) in [5, 5.41) is 3.50. The van der Waals surface area contributed by atoms with Crippen molar-refractivity contribution in [2.24, 2.45) is 0 Å². The third-order valence-corrected chi connectivity index (χ3v) is 9.25. The number of amides is 2. The van der Waals surface area contributed by atoms with Crippen molar-refractivity contribution in [3.8, 4) is 0 Å². The highest BCUT2D eigenvalue weighted by Gasteiger charge is 2.32. The topological polar surface area (TPSA) is 86.8 Å². The summed E-state index contributed by atoms with van der Waals surface area (Å²) >= 11 is 12.3. The Morgan fingerprint density at radius 1 is 0.900 bits per heavy atom. The lowest BCUT2D eigenvalue weighted by molar-refractivity contribution is -0.139. The molecular weight excluding hydrogens is 569 g/mol. The van der Waals surface area contributed by atoms with Crippen LogP contribution in [0.1, 0.15) is 42.5 Å². The van der Waals surface area contributed by atoms with E-state index >= 15 is 0 Å². The number of halogens is 2. The van der Waals surface area contributed by atoms with Crippen molar-refractivity contribution in [3.63, 3.8) is 0 Å². The molecular formula is C30H35Cl2N3O4S. The van der Waals surface area contributed by atoms with E-state index in [0.717, 1.165) is 27.4 Å². The molecule has 0 unspecified atom stereocenters. The first-order chi connectivity index (χ1) is 18.8. The number of anilines is 1. The Hall–Kier alpha value is -3.07. The molecule has 3 aromatic carbocycles. The van der Waals surface area contributed by atoms with E-state index in [4.69, 9.17) is 23.2 Å². The van der Waals surface area contributed by atoms with Gasteiger partial charge < -0.3 is 10.2 Å². The molecule has 3 aromatic rings. The van der Waals surface area contributed by atoms with Gasteiger partial charge in [-0.15, -0.1) is 0 Å². The van der Waals surface area contributed by atoms with Gasteiger partial charge in [0, 0.05) is 13.1 Å². The molecule has 0 saturated heterocycles. The molecule has 10 heteroatoms. The molecule has 3 rings (SSSR count). The Morgan fingerprint density at radius 3 is 2.17 bits per heavy atom. The number of aryl methyl sites for hydroxylation is 3. The van der Waals surface area contributed by atoms with Crippen LogP contribution < -0.4 is 9.62 Å². The van der Waals surface area contributed by atoms with Crippen LogP contribution in [0.2, 0.25) is 10.0 Å². The van der Waals surface area contributed by atoms with Crippen molar-refractivity contribution in [1.29, 1.82) is 0 Å². The molecule has 0 aliphatic carbocycles. The van der Waals surface area contributed by atoms with Gasteiger partial charge in [-0.2, -0.15) is 0 Å². The average Bonchev–Trinajstić information content (AvgIpc) is 2.92. The van der Waals surface area contributed by atoms with Crippen LogP contribution in [-0.2, 0) is 26.2 Å². The number of nitrogens with zero attached hydrogens (tertiary/aromatic N) is 2. The van der Waals surface area contributed by atoms with E-state index in [1.165, 1.54) is 17.0 Å². The van der Waals surface area contributed by atoms with Crippen molar-refractivity contribution in [3.05, 3.63) is 93.0 Å². The molecule has 0 aliphatic rings. The maximum absolute atomic E-state index is 14.0. The van der Waals surface area contributed by atoms with Crippen LogP contribution in [0.25, 0.3) is 0 Å². The highest BCUT2D eigenvalue weighted by molar-refractivity contribution is 7.92. The third-order valence-electron chi connectivity index (χ3n) is 6.72. The molecule has 7 nitrogen and oxygen atoms in total. The number of rotatable bonds is 11. The Labute approximate surface area is 247 Å². The second-order valence-corrected chi connectivity index (χ2v) is 12.5. The minimum Gasteiger partial charge on any atom is -0.354 e. The van der Waals surface area contributed by atoms with Crippen LogP contribution in [0.4, 0.5) is 5.69 Å². The molecule has 0 radical (unpaired) electrons. The van der Waals surface area contributed by atoms with Gasteiger partial charge in [-0.05, 0) is 87.2 Å². The van der Waals surface area contributed by atoms with Crippen LogP contribution in [0.5, 0.6) is 0 Å². The van der Waals surface area contributed by atoms with E-state index in [9.17, 15) is 18.0 Å². The molecule has 0 bridgehead atoms. The van der Waals surface area contributed by atoms with Gasteiger partial charge in [-0.1, -0.05) is 60.0 Å². The van der Waals surface area contributed by atoms with Gasteiger partial charge in [0.1, 0.15) is 12.6 Å². The quantitative estimate of drug-likeness (QED) is 0.289. The van der Waals surface area contributed by atoms with Crippen LogP contribution in [-0.4, -0.2) is 44.3 Å². The first-order valence-corrected chi connectivity index (χ1v) is 15.2. The maximum atomic E-state index is 14.0. The molecule has 214 valence electrons. The Balaban J connectivity index is 2.05. The Bertz CT molecular complexity index is 1480. The molecule has 0 fully saturated rings. The van der Waals surface area contributed by atoms with Crippen LogP contribution >= 0.6 is 23.2 Å². The molecule has 0 heterocycles. The lowest BCUT2D eigenvalue weighted by atomic mass is 10.1. The summed E-state index contributed by atoms with van der Waals surface area (Å²) in [6.07, 6.45) is 0.731. The summed E-state index contributed by atoms with van der Waals surface area (Å²) in [7, 11) is -4.13. The summed E-state index contributed by atoms with van der Waals surface area (Å²) in [5.74, 6) is -0.881. The van der Waals surface area contributed by atoms with Crippen molar-refractivity contribution >= 4 is 50.7 Å². The highest BCUT2D eigenvalue weighted by atomic mass is 35.5. The van der Waals surface area contributed by atoms with E-state index in [1.807, 2.05) is 33.8 Å². The smallest absolute Gasteiger partial charge is 0.264 e. The van der Waals surface area contributed by atoms with E-state index in [0.29, 0.717) is 27.8 Å². The number of carbonyl (C=O) groups excluding carboxylic acids is 2. The summed E-state index contributed by atoms with van der Waals surface area (Å²) < 4.78 is 29.0.